The van der Waals surface area contributed by atoms with Crippen molar-refractivity contribution in [2.45, 2.75) is 26.5 Å². The molecule has 0 spiro atoms. The fourth-order valence-corrected chi connectivity index (χ4v) is 0. The minimum absolute atomic E-state index is 0.132. The Morgan fingerprint density at radius 3 is 1.42 bits per heavy atom. The van der Waals surface area contributed by atoms with Crippen LogP contribution in [-0.4, -0.2) is 15.5 Å². The first kappa shape index (κ1) is 14.6. The molecule has 0 fully saturated rings. The van der Waals surface area contributed by atoms with Gasteiger partial charge in [0.05, 0.1) is 14.9 Å². The van der Waals surface area contributed by atoms with Gasteiger partial charge in [-0.1, -0.05) is 13.8 Å². The third kappa shape index (κ3) is 22.5. The van der Waals surface area contributed by atoms with E-state index in [1.807, 2.05) is 13.8 Å². The summed E-state index contributed by atoms with van der Waals surface area (Å²) in [5.74, 6) is 0.132. The molecule has 0 aliphatic heterocycles. The van der Waals surface area contributed by atoms with Gasteiger partial charge in [-0.2, -0.15) is 14.0 Å². The molecule has 0 heterocycles. The van der Waals surface area contributed by atoms with Crippen molar-refractivity contribution in [1.29, 1.82) is 0 Å². The minimum Gasteiger partial charge on any atom is -0.376 e. The first-order valence-corrected chi connectivity index (χ1v) is 4.35. The summed E-state index contributed by atoms with van der Waals surface area (Å²) in [7, 11) is -4.69. The summed E-state index contributed by atoms with van der Waals surface area (Å²) >= 11 is 0. The Labute approximate surface area is 73.0 Å². The van der Waals surface area contributed by atoms with E-state index in [4.69, 9.17) is 29.5 Å². The van der Waals surface area contributed by atoms with E-state index in [0.717, 1.165) is 0 Å². The highest BCUT2D eigenvalue weighted by Gasteiger charge is 2.16. The molecule has 0 aromatic carbocycles. The van der Waals surface area contributed by atoms with Gasteiger partial charge in [0.25, 0.3) is 0 Å². The van der Waals surface area contributed by atoms with E-state index in [1.165, 1.54) is 0 Å². The standard InChI is InChI=1S/C5H13NO.ClHO4/c1-4(2)5(3,6)7;2-1(3,4)5/h4,7H,6H2,1-3H3;(H,2,3,4,5). The zero-order valence-electron chi connectivity index (χ0n) is 7.15. The first-order chi connectivity index (χ1) is 4.94. The van der Waals surface area contributed by atoms with Crippen molar-refractivity contribution in [1.82, 2.24) is 0 Å². The summed E-state index contributed by atoms with van der Waals surface area (Å²) < 4.78 is 32.7. The van der Waals surface area contributed by atoms with Crippen LogP contribution in [0.1, 0.15) is 20.8 Å². The van der Waals surface area contributed by atoms with E-state index in [1.54, 1.807) is 6.92 Å². The van der Waals surface area contributed by atoms with Gasteiger partial charge in [-0.25, -0.2) is 0 Å². The van der Waals surface area contributed by atoms with E-state index in [2.05, 4.69) is 0 Å². The van der Waals surface area contributed by atoms with Crippen LogP contribution < -0.4 is 19.7 Å². The smallest absolute Gasteiger partial charge is 0.113 e. The molecule has 0 bridgehead atoms. The van der Waals surface area contributed by atoms with Crippen LogP contribution in [0.3, 0.4) is 0 Å². The highest BCUT2D eigenvalue weighted by atomic mass is 35.7. The number of halogens is 1. The van der Waals surface area contributed by atoms with Gasteiger partial charge in [0.1, 0.15) is 5.72 Å². The Morgan fingerprint density at radius 2 is 1.42 bits per heavy atom. The molecule has 4 N–H and O–H groups in total. The summed E-state index contributed by atoms with van der Waals surface area (Å²) in [6.07, 6.45) is 0. The monoisotopic (exact) mass is 203 g/mol. The van der Waals surface area contributed by atoms with Gasteiger partial charge < -0.3 is 10.8 Å². The summed E-state index contributed by atoms with van der Waals surface area (Å²) in [6, 6.07) is 0. The van der Waals surface area contributed by atoms with Crippen LogP contribution in [0.25, 0.3) is 0 Å². The maximum atomic E-state index is 8.87. The van der Waals surface area contributed by atoms with E-state index >= 15 is 0 Å². The minimum atomic E-state index is -4.69. The van der Waals surface area contributed by atoms with Gasteiger partial charge in [-0.3, -0.25) is 0 Å². The van der Waals surface area contributed by atoms with Crippen LogP contribution in [0.2, 0.25) is 0 Å². The molecule has 0 aromatic rings. The maximum Gasteiger partial charge on any atom is 0.113 e. The number of hydrogen-bond acceptors (Lipinski definition) is 6. The third-order valence-corrected chi connectivity index (χ3v) is 1.17. The molecule has 0 saturated heterocycles. The third-order valence-electron chi connectivity index (χ3n) is 1.17. The molecule has 0 aliphatic rings. The molecule has 0 radical (unpaired) electrons. The van der Waals surface area contributed by atoms with E-state index in [9.17, 15) is 0 Å². The lowest BCUT2D eigenvalue weighted by molar-refractivity contribution is -1.92. The predicted octanol–water partition coefficient (Wildman–Crippen LogP) is -3.81. The average Bonchev–Trinajstić information content (AvgIpc) is 1.55. The van der Waals surface area contributed by atoms with Crippen LogP contribution >= 0.6 is 0 Å². The Bertz CT molecular complexity index is 110. The molecule has 0 rings (SSSR count). The largest absolute Gasteiger partial charge is 0.376 e. The molecule has 0 amide bonds. The molecule has 1 atom stereocenters. The first-order valence-electron chi connectivity index (χ1n) is 3.09. The second-order valence-corrected chi connectivity index (χ2v) is 3.57. The second-order valence-electron chi connectivity index (χ2n) is 2.78. The van der Waals surface area contributed by atoms with Crippen molar-refractivity contribution in [2.75, 3.05) is 0 Å². The molecule has 76 valence electrons. The lowest BCUT2D eigenvalue weighted by Gasteiger charge is -2.20. The Balaban J connectivity index is 0. The van der Waals surface area contributed by atoms with Crippen molar-refractivity contribution < 1.29 is 34.0 Å². The zero-order valence-corrected chi connectivity index (χ0v) is 7.91. The van der Waals surface area contributed by atoms with Crippen LogP contribution in [0, 0.1) is 16.2 Å². The van der Waals surface area contributed by atoms with Crippen molar-refractivity contribution in [3.8, 4) is 0 Å². The lowest BCUT2D eigenvalue weighted by Crippen LogP contribution is -2.58. The Kier molecular flexibility index (Phi) is 5.98. The maximum absolute atomic E-state index is 8.87. The Hall–Kier alpha value is 0.0500. The van der Waals surface area contributed by atoms with Crippen LogP contribution in [0.15, 0.2) is 0 Å². The molecule has 0 saturated carbocycles. The molecular formula is C5H14ClNO5. The molecule has 7 heteroatoms. The molecule has 0 aromatic heterocycles. The number of rotatable bonds is 1. The van der Waals surface area contributed by atoms with Gasteiger partial charge in [0, 0.05) is 0 Å². The average molecular weight is 204 g/mol. The van der Waals surface area contributed by atoms with E-state index in [-0.39, 0.29) is 5.92 Å². The summed E-state index contributed by atoms with van der Waals surface area (Å²) in [6.45, 7) is 5.34. The molecule has 6 nitrogen and oxygen atoms in total. The lowest BCUT2D eigenvalue weighted by atomic mass is 10.0. The fraction of sp³-hybridized carbons (Fsp3) is 1.00. The van der Waals surface area contributed by atoms with Crippen LogP contribution in [-0.2, 0) is 0 Å². The van der Waals surface area contributed by atoms with Crippen molar-refractivity contribution in [3.63, 3.8) is 0 Å². The molecule has 12 heavy (non-hydrogen) atoms. The quantitative estimate of drug-likeness (QED) is 0.374. The second kappa shape index (κ2) is 4.93. The highest BCUT2D eigenvalue weighted by molar-refractivity contribution is 4.65. The van der Waals surface area contributed by atoms with Gasteiger partial charge in [-0.15, -0.1) is 0 Å². The topological polar surface area (TPSA) is 136 Å². The molecule has 1 unspecified atom stereocenters. The van der Waals surface area contributed by atoms with Crippen LogP contribution in [0.4, 0.5) is 0 Å². The summed E-state index contributed by atoms with van der Waals surface area (Å²) in [4.78, 5) is 0. The van der Waals surface area contributed by atoms with Crippen molar-refractivity contribution >= 4 is 0 Å². The number of nitrogens with two attached hydrogens (primary N) is 1. The van der Waals surface area contributed by atoms with Gasteiger partial charge >= 0.3 is 0 Å². The Morgan fingerprint density at radius 1 is 1.33 bits per heavy atom. The highest BCUT2D eigenvalue weighted by Crippen LogP contribution is 2.06. The van der Waals surface area contributed by atoms with Gasteiger partial charge in [0.2, 0.25) is 0 Å². The fourth-order valence-electron chi connectivity index (χ4n) is 0. The normalized spacial score (nSPS) is 16.5. The molecule has 0 aliphatic carbocycles. The van der Waals surface area contributed by atoms with Gasteiger partial charge in [-0.05, 0) is 12.8 Å². The SMILES string of the molecule is CC(C)C(C)(N)O.[O-][Cl+3]([O-])([O-])O. The predicted molar refractivity (Wildman–Crippen MR) is 31.9 cm³/mol. The van der Waals surface area contributed by atoms with Crippen molar-refractivity contribution in [3.05, 3.63) is 0 Å². The van der Waals surface area contributed by atoms with Gasteiger partial charge in [0.15, 0.2) is 0 Å². The molecular weight excluding hydrogens is 190 g/mol. The van der Waals surface area contributed by atoms with E-state index < -0.39 is 16.0 Å². The van der Waals surface area contributed by atoms with Crippen LogP contribution in [0.5, 0.6) is 0 Å². The van der Waals surface area contributed by atoms with Crippen molar-refractivity contribution in [2.24, 2.45) is 11.7 Å². The number of aliphatic hydroxyl groups is 1. The summed E-state index contributed by atoms with van der Waals surface area (Å²) in [5, 5.41) is 8.87. The summed E-state index contributed by atoms with van der Waals surface area (Å²) in [5.41, 5.74) is 4.23. The zero-order chi connectivity index (χ0) is 10.6. The number of hydrogen-bond donors (Lipinski definition) is 3. The van der Waals surface area contributed by atoms with E-state index in [0.29, 0.717) is 0 Å².